The molecule has 1 aromatic carbocycles. The molecule has 1 fully saturated rings. The van der Waals surface area contributed by atoms with Crippen molar-refractivity contribution in [3.63, 3.8) is 0 Å². The zero-order chi connectivity index (χ0) is 15.2. The Morgan fingerprint density at radius 1 is 1.33 bits per heavy atom. The number of benzene rings is 1. The van der Waals surface area contributed by atoms with Gasteiger partial charge in [-0.2, -0.15) is 0 Å². The van der Waals surface area contributed by atoms with Crippen molar-refractivity contribution < 1.29 is 14.2 Å². The SMILES string of the molecule is COc1cc(Br)c(CNCC2CN(C)CCO2)cc1OC. The van der Waals surface area contributed by atoms with Gasteiger partial charge in [0.1, 0.15) is 0 Å². The monoisotopic (exact) mass is 358 g/mol. The van der Waals surface area contributed by atoms with E-state index in [1.54, 1.807) is 14.2 Å². The average molecular weight is 359 g/mol. The smallest absolute Gasteiger partial charge is 0.161 e. The van der Waals surface area contributed by atoms with Crippen LogP contribution in [-0.2, 0) is 11.3 Å². The topological polar surface area (TPSA) is 43.0 Å². The van der Waals surface area contributed by atoms with Crippen LogP contribution in [0.25, 0.3) is 0 Å². The lowest BCUT2D eigenvalue weighted by atomic mass is 10.2. The molecule has 5 nitrogen and oxygen atoms in total. The number of likely N-dealkylation sites (N-methyl/N-ethyl adjacent to an activating group) is 1. The molecule has 0 bridgehead atoms. The number of morpholine rings is 1. The van der Waals surface area contributed by atoms with Crippen molar-refractivity contribution in [2.45, 2.75) is 12.6 Å². The zero-order valence-corrected chi connectivity index (χ0v) is 14.4. The summed E-state index contributed by atoms with van der Waals surface area (Å²) >= 11 is 3.57. The van der Waals surface area contributed by atoms with E-state index in [0.29, 0.717) is 0 Å². The highest BCUT2D eigenvalue weighted by atomic mass is 79.9. The molecular weight excluding hydrogens is 336 g/mol. The lowest BCUT2D eigenvalue weighted by Gasteiger charge is -2.30. The van der Waals surface area contributed by atoms with Crippen molar-refractivity contribution >= 4 is 15.9 Å². The number of nitrogens with one attached hydrogen (secondary N) is 1. The molecule has 1 N–H and O–H groups in total. The van der Waals surface area contributed by atoms with Crippen LogP contribution in [0.5, 0.6) is 11.5 Å². The fourth-order valence-electron chi connectivity index (χ4n) is 2.39. The van der Waals surface area contributed by atoms with E-state index in [2.05, 4.69) is 33.2 Å². The predicted molar refractivity (Wildman–Crippen MR) is 86.2 cm³/mol. The molecule has 6 heteroatoms. The van der Waals surface area contributed by atoms with Crippen LogP contribution in [0.4, 0.5) is 0 Å². The van der Waals surface area contributed by atoms with E-state index in [-0.39, 0.29) is 6.10 Å². The molecule has 1 atom stereocenters. The second-order valence-electron chi connectivity index (χ2n) is 5.18. The van der Waals surface area contributed by atoms with Gasteiger partial charge in [-0.3, -0.25) is 0 Å². The van der Waals surface area contributed by atoms with Crippen LogP contribution in [0.3, 0.4) is 0 Å². The van der Waals surface area contributed by atoms with Gasteiger partial charge in [0.15, 0.2) is 11.5 Å². The van der Waals surface area contributed by atoms with Crippen LogP contribution in [0, 0.1) is 0 Å². The second-order valence-corrected chi connectivity index (χ2v) is 6.04. The van der Waals surface area contributed by atoms with E-state index in [1.807, 2.05) is 12.1 Å². The van der Waals surface area contributed by atoms with E-state index in [0.717, 1.165) is 54.3 Å². The van der Waals surface area contributed by atoms with Gasteiger partial charge < -0.3 is 24.4 Å². The largest absolute Gasteiger partial charge is 0.493 e. The normalized spacial score (nSPS) is 19.5. The highest BCUT2D eigenvalue weighted by molar-refractivity contribution is 9.10. The van der Waals surface area contributed by atoms with E-state index >= 15 is 0 Å². The summed E-state index contributed by atoms with van der Waals surface area (Å²) in [7, 11) is 5.41. The first kappa shape index (κ1) is 16.5. The highest BCUT2D eigenvalue weighted by Crippen LogP contribution is 2.33. The van der Waals surface area contributed by atoms with Gasteiger partial charge >= 0.3 is 0 Å². The second kappa shape index (κ2) is 7.98. The Hall–Kier alpha value is -0.820. The van der Waals surface area contributed by atoms with E-state index in [1.165, 1.54) is 0 Å². The molecule has 1 unspecified atom stereocenters. The van der Waals surface area contributed by atoms with Gasteiger partial charge in [0, 0.05) is 30.7 Å². The van der Waals surface area contributed by atoms with E-state index < -0.39 is 0 Å². The minimum atomic E-state index is 0.252. The Morgan fingerprint density at radius 2 is 2.05 bits per heavy atom. The van der Waals surface area contributed by atoms with Crippen molar-refractivity contribution in [1.82, 2.24) is 10.2 Å². The number of rotatable bonds is 6. The van der Waals surface area contributed by atoms with Gasteiger partial charge in [0.05, 0.1) is 26.9 Å². The van der Waals surface area contributed by atoms with Gasteiger partial charge in [-0.15, -0.1) is 0 Å². The molecular formula is C15H23BrN2O3. The maximum Gasteiger partial charge on any atom is 0.161 e. The Morgan fingerprint density at radius 3 is 2.71 bits per heavy atom. The van der Waals surface area contributed by atoms with Gasteiger partial charge in [-0.05, 0) is 24.7 Å². The summed E-state index contributed by atoms with van der Waals surface area (Å²) in [4.78, 5) is 2.29. The molecule has 0 radical (unpaired) electrons. The number of hydrogen-bond acceptors (Lipinski definition) is 5. The van der Waals surface area contributed by atoms with Crippen LogP contribution < -0.4 is 14.8 Å². The molecule has 1 heterocycles. The van der Waals surface area contributed by atoms with Gasteiger partial charge in [-0.1, -0.05) is 15.9 Å². The lowest BCUT2D eigenvalue weighted by molar-refractivity contribution is -0.0182. The van der Waals surface area contributed by atoms with Crippen LogP contribution in [-0.4, -0.2) is 58.5 Å². The number of hydrogen-bond donors (Lipinski definition) is 1. The van der Waals surface area contributed by atoms with Gasteiger partial charge in [-0.25, -0.2) is 0 Å². The van der Waals surface area contributed by atoms with Crippen LogP contribution in [0.2, 0.25) is 0 Å². The van der Waals surface area contributed by atoms with Crippen LogP contribution >= 0.6 is 15.9 Å². The third kappa shape index (κ3) is 4.57. The third-order valence-electron chi connectivity index (χ3n) is 3.58. The average Bonchev–Trinajstić information content (AvgIpc) is 2.48. The summed E-state index contributed by atoms with van der Waals surface area (Å²) in [6.07, 6.45) is 0.252. The summed E-state index contributed by atoms with van der Waals surface area (Å²) in [6, 6.07) is 3.92. The van der Waals surface area contributed by atoms with Crippen molar-refractivity contribution in [1.29, 1.82) is 0 Å². The standard InChI is InChI=1S/C15H23BrN2O3/c1-18-4-5-21-12(10-18)9-17-8-11-6-14(19-2)15(20-3)7-13(11)16/h6-7,12,17H,4-5,8-10H2,1-3H3. The molecule has 1 aliphatic heterocycles. The number of nitrogens with zero attached hydrogens (tertiary/aromatic N) is 1. The van der Waals surface area contributed by atoms with E-state index in [4.69, 9.17) is 14.2 Å². The van der Waals surface area contributed by atoms with Crippen molar-refractivity contribution in [2.75, 3.05) is 47.5 Å². The van der Waals surface area contributed by atoms with Crippen LogP contribution in [0.15, 0.2) is 16.6 Å². The Balaban J connectivity index is 1.90. The Labute approximate surface area is 134 Å². The summed E-state index contributed by atoms with van der Waals surface area (Å²) in [5, 5.41) is 3.44. The zero-order valence-electron chi connectivity index (χ0n) is 12.8. The third-order valence-corrected chi connectivity index (χ3v) is 4.32. The molecule has 118 valence electrons. The summed E-state index contributed by atoms with van der Waals surface area (Å²) in [6.45, 7) is 4.39. The lowest BCUT2D eigenvalue weighted by Crippen LogP contribution is -2.44. The van der Waals surface area contributed by atoms with Gasteiger partial charge in [0.2, 0.25) is 0 Å². The van der Waals surface area contributed by atoms with Crippen molar-refractivity contribution in [3.8, 4) is 11.5 Å². The van der Waals surface area contributed by atoms with Crippen LogP contribution in [0.1, 0.15) is 5.56 Å². The minimum absolute atomic E-state index is 0.252. The maximum atomic E-state index is 5.74. The number of ether oxygens (including phenoxy) is 3. The molecule has 0 spiro atoms. The van der Waals surface area contributed by atoms with Gasteiger partial charge in [0.25, 0.3) is 0 Å². The molecule has 21 heavy (non-hydrogen) atoms. The molecule has 0 aliphatic carbocycles. The first-order valence-electron chi connectivity index (χ1n) is 7.05. The molecule has 0 saturated carbocycles. The Kier molecular flexibility index (Phi) is 6.29. The first-order valence-corrected chi connectivity index (χ1v) is 7.84. The molecule has 0 aromatic heterocycles. The van der Waals surface area contributed by atoms with Crippen molar-refractivity contribution in [3.05, 3.63) is 22.2 Å². The van der Waals surface area contributed by atoms with Crippen molar-refractivity contribution in [2.24, 2.45) is 0 Å². The maximum absolute atomic E-state index is 5.74. The molecule has 1 saturated heterocycles. The summed E-state index contributed by atoms with van der Waals surface area (Å²) in [5.41, 5.74) is 1.14. The fourth-order valence-corrected chi connectivity index (χ4v) is 2.85. The molecule has 1 aromatic rings. The van der Waals surface area contributed by atoms with E-state index in [9.17, 15) is 0 Å². The first-order chi connectivity index (χ1) is 10.1. The quantitative estimate of drug-likeness (QED) is 0.840. The highest BCUT2D eigenvalue weighted by Gasteiger charge is 2.17. The summed E-state index contributed by atoms with van der Waals surface area (Å²) < 4.78 is 17.4. The predicted octanol–water partition coefficient (Wildman–Crippen LogP) is 1.89. The molecule has 2 rings (SSSR count). The fraction of sp³-hybridized carbons (Fsp3) is 0.600. The summed E-state index contributed by atoms with van der Waals surface area (Å²) in [5.74, 6) is 1.47. The number of halogens is 1. The minimum Gasteiger partial charge on any atom is -0.493 e. The molecule has 0 amide bonds. The number of methoxy groups -OCH3 is 2. The Bertz CT molecular complexity index is 470. The molecule has 1 aliphatic rings.